The first-order valence-corrected chi connectivity index (χ1v) is 24.5. The lowest BCUT2D eigenvalue weighted by Gasteiger charge is -2.35. The SMILES string of the molecule is CC1(C)c2ccccc2-c2ccc(N(c3ccc(-c4ccccc4)cc3)c3ccc4c(c3)C(C)(C)c3cc(C5(c6ccccc6)c6ccccc6-c6c5ccc5c6Oc6ccccc6O5)ccc3-4)cc21. The second-order valence-electron chi connectivity index (χ2n) is 20.4. The first-order chi connectivity index (χ1) is 34.2. The smallest absolute Gasteiger partial charge is 0.178 e. The molecular weight excluding hydrogens is 851 g/mol. The summed E-state index contributed by atoms with van der Waals surface area (Å²) in [6, 6.07) is 82.4. The molecule has 0 N–H and O–H groups in total. The maximum atomic E-state index is 6.83. The van der Waals surface area contributed by atoms with Crippen LogP contribution in [-0.4, -0.2) is 0 Å². The largest absolute Gasteiger partial charge is 0.449 e. The number of hydrogen-bond donors (Lipinski definition) is 0. The third-order valence-electron chi connectivity index (χ3n) is 16.0. The van der Waals surface area contributed by atoms with Gasteiger partial charge in [-0.05, 0) is 138 Å². The molecule has 1 unspecified atom stereocenters. The standard InChI is InChI=1S/C67H49NO2/c1-65(2)54-23-13-11-21-49(54)51-35-32-47(40-58(51)65)68(46-30-27-43(28-31-46)42-17-7-5-8-18-42)48-33-36-52-50-34-29-45(39-57(50)66(3,4)59(52)41-48)67(44-19-9-6-10-20-44)55-24-14-12-22-53(55)63-56(67)37-38-62-64(63)70-61-26-16-15-25-60(61)69-62/h5-41H,1-4H3. The Morgan fingerprint density at radius 3 is 1.50 bits per heavy atom. The van der Waals surface area contributed by atoms with Crippen LogP contribution in [0.1, 0.15) is 72.2 Å². The molecule has 0 radical (unpaired) electrons. The zero-order valence-corrected chi connectivity index (χ0v) is 39.6. The van der Waals surface area contributed by atoms with E-state index in [2.05, 4.69) is 233 Å². The lowest BCUT2D eigenvalue weighted by Crippen LogP contribution is -2.29. The topological polar surface area (TPSA) is 21.7 Å². The molecule has 1 atom stereocenters. The van der Waals surface area contributed by atoms with Gasteiger partial charge in [-0.1, -0.05) is 198 Å². The first kappa shape index (κ1) is 40.6. The number of para-hydroxylation sites is 2. The molecule has 1 aliphatic heterocycles. The fourth-order valence-electron chi connectivity index (χ4n) is 12.6. The third-order valence-corrected chi connectivity index (χ3v) is 16.0. The lowest BCUT2D eigenvalue weighted by atomic mass is 9.66. The van der Waals surface area contributed by atoms with Crippen molar-refractivity contribution in [3.05, 3.63) is 269 Å². The molecule has 0 amide bonds. The van der Waals surface area contributed by atoms with Crippen molar-refractivity contribution in [3.63, 3.8) is 0 Å². The zero-order chi connectivity index (χ0) is 46.9. The summed E-state index contributed by atoms with van der Waals surface area (Å²) in [6.45, 7) is 9.54. The van der Waals surface area contributed by atoms with Gasteiger partial charge in [-0.15, -0.1) is 0 Å². The highest BCUT2D eigenvalue weighted by Gasteiger charge is 2.49. The van der Waals surface area contributed by atoms with Crippen molar-refractivity contribution in [3.8, 4) is 67.5 Å². The number of ether oxygens (including phenoxy) is 2. The number of anilines is 3. The van der Waals surface area contributed by atoms with Crippen LogP contribution < -0.4 is 14.4 Å². The molecule has 3 aliphatic carbocycles. The molecule has 334 valence electrons. The molecule has 70 heavy (non-hydrogen) atoms. The van der Waals surface area contributed by atoms with E-state index in [9.17, 15) is 0 Å². The van der Waals surface area contributed by atoms with Gasteiger partial charge in [0.05, 0.1) is 5.41 Å². The molecule has 1 heterocycles. The van der Waals surface area contributed by atoms with Crippen LogP contribution in [0.5, 0.6) is 23.0 Å². The van der Waals surface area contributed by atoms with Crippen molar-refractivity contribution in [2.75, 3.05) is 4.90 Å². The fourth-order valence-corrected chi connectivity index (χ4v) is 12.6. The summed E-state index contributed by atoms with van der Waals surface area (Å²) in [4.78, 5) is 2.46. The zero-order valence-electron chi connectivity index (χ0n) is 39.6. The summed E-state index contributed by atoms with van der Waals surface area (Å²) in [6.07, 6.45) is 0. The highest BCUT2D eigenvalue weighted by Crippen LogP contribution is 2.63. The summed E-state index contributed by atoms with van der Waals surface area (Å²) in [5.74, 6) is 2.94. The molecule has 4 aliphatic rings. The molecule has 0 saturated heterocycles. The van der Waals surface area contributed by atoms with E-state index in [4.69, 9.17) is 9.47 Å². The predicted molar refractivity (Wildman–Crippen MR) is 286 cm³/mol. The maximum Gasteiger partial charge on any atom is 0.178 e. The van der Waals surface area contributed by atoms with Gasteiger partial charge in [-0.2, -0.15) is 0 Å². The highest BCUT2D eigenvalue weighted by atomic mass is 16.6. The molecule has 0 spiro atoms. The monoisotopic (exact) mass is 899 g/mol. The Kier molecular flexibility index (Phi) is 8.59. The number of nitrogens with zero attached hydrogens (tertiary/aromatic N) is 1. The molecule has 0 fully saturated rings. The van der Waals surface area contributed by atoms with Crippen LogP contribution in [0.15, 0.2) is 224 Å². The summed E-state index contributed by atoms with van der Waals surface area (Å²) < 4.78 is 13.4. The van der Waals surface area contributed by atoms with E-state index in [0.717, 1.165) is 51.2 Å². The van der Waals surface area contributed by atoms with Gasteiger partial charge in [0.2, 0.25) is 0 Å². The number of rotatable bonds is 6. The molecule has 0 saturated carbocycles. The fraction of sp³-hybridized carbons (Fsp3) is 0.104. The number of hydrogen-bond acceptors (Lipinski definition) is 3. The van der Waals surface area contributed by atoms with Crippen LogP contribution in [0.4, 0.5) is 17.1 Å². The summed E-state index contributed by atoms with van der Waals surface area (Å²) >= 11 is 0. The van der Waals surface area contributed by atoms with Gasteiger partial charge in [0.25, 0.3) is 0 Å². The first-order valence-electron chi connectivity index (χ1n) is 24.5. The Morgan fingerprint density at radius 2 is 0.814 bits per heavy atom. The summed E-state index contributed by atoms with van der Waals surface area (Å²) in [5.41, 5.74) is 22.4. The predicted octanol–water partition coefficient (Wildman–Crippen LogP) is 17.7. The molecule has 10 aromatic carbocycles. The number of fused-ring (bicyclic) bond motifs is 12. The molecule has 0 bridgehead atoms. The Balaban J connectivity index is 0.919. The van der Waals surface area contributed by atoms with E-state index in [1.807, 2.05) is 24.3 Å². The van der Waals surface area contributed by atoms with E-state index < -0.39 is 5.41 Å². The minimum Gasteiger partial charge on any atom is -0.449 e. The Labute approximate surface area is 409 Å². The van der Waals surface area contributed by atoms with Crippen molar-refractivity contribution in [1.82, 2.24) is 0 Å². The van der Waals surface area contributed by atoms with Gasteiger partial charge in [0.1, 0.15) is 0 Å². The van der Waals surface area contributed by atoms with Crippen LogP contribution >= 0.6 is 0 Å². The Bertz CT molecular complexity index is 3770. The average molecular weight is 900 g/mol. The van der Waals surface area contributed by atoms with Gasteiger partial charge >= 0.3 is 0 Å². The second kappa shape index (κ2) is 14.8. The van der Waals surface area contributed by atoms with Crippen molar-refractivity contribution >= 4 is 17.1 Å². The molecule has 3 heteroatoms. The van der Waals surface area contributed by atoms with Gasteiger partial charge < -0.3 is 14.4 Å². The third kappa shape index (κ3) is 5.63. The van der Waals surface area contributed by atoms with E-state index in [-0.39, 0.29) is 10.8 Å². The van der Waals surface area contributed by atoms with Crippen LogP contribution in [-0.2, 0) is 16.2 Å². The second-order valence-corrected chi connectivity index (χ2v) is 20.4. The highest BCUT2D eigenvalue weighted by molar-refractivity contribution is 5.94. The Morgan fingerprint density at radius 1 is 0.314 bits per heavy atom. The van der Waals surface area contributed by atoms with Crippen LogP contribution in [0, 0.1) is 0 Å². The van der Waals surface area contributed by atoms with Crippen molar-refractivity contribution in [2.45, 2.75) is 43.9 Å². The minimum absolute atomic E-state index is 0.132. The molecular formula is C67H49NO2. The number of benzene rings is 10. The van der Waals surface area contributed by atoms with E-state index >= 15 is 0 Å². The molecule has 10 aromatic rings. The quantitative estimate of drug-likeness (QED) is 0.166. The van der Waals surface area contributed by atoms with Crippen molar-refractivity contribution in [1.29, 1.82) is 0 Å². The summed E-state index contributed by atoms with van der Waals surface area (Å²) in [5, 5.41) is 0. The minimum atomic E-state index is -0.628. The van der Waals surface area contributed by atoms with E-state index in [0.29, 0.717) is 0 Å². The van der Waals surface area contributed by atoms with E-state index in [1.165, 1.54) is 77.9 Å². The van der Waals surface area contributed by atoms with E-state index in [1.54, 1.807) is 0 Å². The molecule has 3 nitrogen and oxygen atoms in total. The Hall–Kier alpha value is -8.40. The maximum absolute atomic E-state index is 6.83. The van der Waals surface area contributed by atoms with Crippen molar-refractivity contribution < 1.29 is 9.47 Å². The van der Waals surface area contributed by atoms with Gasteiger partial charge in [-0.3, -0.25) is 0 Å². The molecule has 0 aromatic heterocycles. The van der Waals surface area contributed by atoms with Gasteiger partial charge in [0, 0.05) is 33.5 Å². The van der Waals surface area contributed by atoms with Crippen LogP contribution in [0.25, 0.3) is 44.5 Å². The van der Waals surface area contributed by atoms with Crippen molar-refractivity contribution in [2.24, 2.45) is 0 Å². The normalized spacial score (nSPS) is 16.5. The summed E-state index contributed by atoms with van der Waals surface area (Å²) in [7, 11) is 0. The van der Waals surface area contributed by atoms with Crippen LogP contribution in [0.2, 0.25) is 0 Å². The van der Waals surface area contributed by atoms with Crippen LogP contribution in [0.3, 0.4) is 0 Å². The molecule has 14 rings (SSSR count). The van der Waals surface area contributed by atoms with Gasteiger partial charge in [0.15, 0.2) is 23.0 Å². The average Bonchev–Trinajstić information content (AvgIpc) is 3.93. The lowest BCUT2D eigenvalue weighted by molar-refractivity contribution is 0.360. The van der Waals surface area contributed by atoms with Gasteiger partial charge in [-0.25, -0.2) is 0 Å².